The van der Waals surface area contributed by atoms with E-state index in [4.69, 9.17) is 11.6 Å². The maximum absolute atomic E-state index is 13.4. The second kappa shape index (κ2) is 8.02. The topological polar surface area (TPSA) is 59.1 Å². The van der Waals surface area contributed by atoms with Gasteiger partial charge in [0.15, 0.2) is 0 Å². The predicted octanol–water partition coefficient (Wildman–Crippen LogP) is 5.41. The van der Waals surface area contributed by atoms with Crippen LogP contribution < -0.4 is 4.72 Å². The third-order valence-corrected chi connectivity index (χ3v) is 6.89. The van der Waals surface area contributed by atoms with Crippen molar-refractivity contribution in [2.45, 2.75) is 24.5 Å². The molecule has 0 aliphatic rings. The summed E-state index contributed by atoms with van der Waals surface area (Å²) in [4.78, 5) is 4.26. The average Bonchev–Trinajstić information content (AvgIpc) is 3.00. The van der Waals surface area contributed by atoms with Crippen LogP contribution in [0, 0.1) is 12.7 Å². The van der Waals surface area contributed by atoms with E-state index in [-0.39, 0.29) is 12.6 Å². The quantitative estimate of drug-likeness (QED) is 0.514. The normalized spacial score (nSPS) is 12.3. The Hall–Kier alpha value is -2.01. The fourth-order valence-corrected chi connectivity index (χ4v) is 4.91. The summed E-state index contributed by atoms with van der Waals surface area (Å²) in [6, 6.07) is 8.54. The van der Waals surface area contributed by atoms with Crippen molar-refractivity contribution >= 4 is 33.0 Å². The van der Waals surface area contributed by atoms with Crippen LogP contribution in [0.4, 0.5) is 17.6 Å². The summed E-state index contributed by atoms with van der Waals surface area (Å²) >= 11 is 7.36. The van der Waals surface area contributed by atoms with Gasteiger partial charge in [-0.1, -0.05) is 29.8 Å². The van der Waals surface area contributed by atoms with Crippen molar-refractivity contribution in [3.05, 3.63) is 69.4 Å². The highest BCUT2D eigenvalue weighted by Crippen LogP contribution is 2.34. The van der Waals surface area contributed by atoms with Crippen LogP contribution in [-0.4, -0.2) is 13.4 Å². The Morgan fingerprint density at radius 1 is 1.17 bits per heavy atom. The summed E-state index contributed by atoms with van der Waals surface area (Å²) in [6.45, 7) is 1.50. The molecule has 0 unspecified atom stereocenters. The maximum Gasteiger partial charge on any atom is 0.419 e. The lowest BCUT2D eigenvalue weighted by Crippen LogP contribution is -2.24. The number of aromatic nitrogens is 1. The van der Waals surface area contributed by atoms with E-state index in [1.807, 2.05) is 0 Å². The first kappa shape index (κ1) is 21.7. The number of hydrogen-bond acceptors (Lipinski definition) is 4. The number of hydrogen-bond donors (Lipinski definition) is 1. The third kappa shape index (κ3) is 4.77. The SMILES string of the molecule is Cc1nc(-c2ccccc2Cl)sc1CNS(=O)(=O)c1ccc(F)c(C(F)(F)F)c1. The van der Waals surface area contributed by atoms with E-state index < -0.39 is 32.5 Å². The highest BCUT2D eigenvalue weighted by molar-refractivity contribution is 7.89. The van der Waals surface area contributed by atoms with Crippen molar-refractivity contribution in [2.75, 3.05) is 0 Å². The first-order chi connectivity index (χ1) is 13.5. The molecule has 0 spiro atoms. The van der Waals surface area contributed by atoms with E-state index in [2.05, 4.69) is 9.71 Å². The Labute approximate surface area is 173 Å². The summed E-state index contributed by atoms with van der Waals surface area (Å²) in [5, 5.41) is 1.07. The van der Waals surface area contributed by atoms with Gasteiger partial charge in [0.05, 0.1) is 21.2 Å². The minimum absolute atomic E-state index is 0.186. The lowest BCUT2D eigenvalue weighted by molar-refractivity contribution is -0.140. The fraction of sp³-hybridized carbons (Fsp3) is 0.167. The van der Waals surface area contributed by atoms with E-state index in [1.165, 1.54) is 11.3 Å². The highest BCUT2D eigenvalue weighted by Gasteiger charge is 2.35. The number of thiazole rings is 1. The van der Waals surface area contributed by atoms with Gasteiger partial charge in [-0.15, -0.1) is 11.3 Å². The monoisotopic (exact) mass is 464 g/mol. The molecular weight excluding hydrogens is 452 g/mol. The molecule has 1 aromatic heterocycles. The van der Waals surface area contributed by atoms with Gasteiger partial charge in [0.2, 0.25) is 10.0 Å². The number of aryl methyl sites for hydroxylation is 1. The van der Waals surface area contributed by atoms with Gasteiger partial charge in [-0.25, -0.2) is 22.5 Å². The molecule has 154 valence electrons. The first-order valence-corrected chi connectivity index (χ1v) is 10.7. The predicted molar refractivity (Wildman–Crippen MR) is 103 cm³/mol. The van der Waals surface area contributed by atoms with Crippen molar-refractivity contribution in [1.82, 2.24) is 9.71 Å². The zero-order valence-electron chi connectivity index (χ0n) is 14.7. The largest absolute Gasteiger partial charge is 0.419 e. The Bertz CT molecular complexity index is 1160. The third-order valence-electron chi connectivity index (χ3n) is 3.97. The molecule has 29 heavy (non-hydrogen) atoms. The van der Waals surface area contributed by atoms with Crippen LogP contribution in [0.15, 0.2) is 47.4 Å². The Balaban J connectivity index is 1.84. The van der Waals surface area contributed by atoms with Gasteiger partial charge >= 0.3 is 6.18 Å². The van der Waals surface area contributed by atoms with Crippen LogP contribution in [0.3, 0.4) is 0 Å². The summed E-state index contributed by atoms with van der Waals surface area (Å²) < 4.78 is 79.0. The molecule has 1 heterocycles. The molecule has 0 radical (unpaired) electrons. The molecular formula is C18H13ClF4N2O2S2. The van der Waals surface area contributed by atoms with E-state index in [0.29, 0.717) is 32.2 Å². The molecule has 0 saturated heterocycles. The van der Waals surface area contributed by atoms with Crippen LogP contribution in [0.25, 0.3) is 10.6 Å². The lowest BCUT2D eigenvalue weighted by Gasteiger charge is -2.11. The number of benzene rings is 2. The summed E-state index contributed by atoms with van der Waals surface area (Å²) in [5.41, 5.74) is -0.400. The number of sulfonamides is 1. The molecule has 0 atom stereocenters. The van der Waals surface area contributed by atoms with Crippen LogP contribution in [0.5, 0.6) is 0 Å². The van der Waals surface area contributed by atoms with Gasteiger partial charge in [0.1, 0.15) is 10.8 Å². The summed E-state index contributed by atoms with van der Waals surface area (Å²) in [7, 11) is -4.30. The standard InChI is InChI=1S/C18H13ClF4N2O2S2/c1-10-16(28-17(25-10)12-4-2-3-5-14(12)19)9-24-29(26,27)11-6-7-15(20)13(8-11)18(21,22)23/h2-8,24H,9H2,1H3. The first-order valence-electron chi connectivity index (χ1n) is 8.06. The van der Waals surface area contributed by atoms with Gasteiger partial charge in [0, 0.05) is 17.0 Å². The van der Waals surface area contributed by atoms with Gasteiger partial charge in [-0.05, 0) is 31.2 Å². The van der Waals surface area contributed by atoms with Crippen LogP contribution in [0.2, 0.25) is 5.02 Å². The van der Waals surface area contributed by atoms with Crippen molar-refractivity contribution in [2.24, 2.45) is 0 Å². The van der Waals surface area contributed by atoms with E-state index in [9.17, 15) is 26.0 Å². The maximum atomic E-state index is 13.4. The number of alkyl halides is 3. The van der Waals surface area contributed by atoms with Crippen LogP contribution in [-0.2, 0) is 22.7 Å². The van der Waals surface area contributed by atoms with E-state index in [1.54, 1.807) is 31.2 Å². The van der Waals surface area contributed by atoms with Crippen LogP contribution >= 0.6 is 22.9 Å². The summed E-state index contributed by atoms with van der Waals surface area (Å²) in [6.07, 6.45) is -5.01. The fourth-order valence-electron chi connectivity index (χ4n) is 2.47. The number of halogens is 5. The number of nitrogens with zero attached hydrogens (tertiary/aromatic N) is 1. The number of nitrogens with one attached hydrogen (secondary N) is 1. The smallest absolute Gasteiger partial charge is 0.241 e. The molecule has 0 fully saturated rings. The van der Waals surface area contributed by atoms with Gasteiger partial charge in [-0.3, -0.25) is 0 Å². The highest BCUT2D eigenvalue weighted by atomic mass is 35.5. The second-order valence-corrected chi connectivity index (χ2v) is 9.23. The molecule has 11 heteroatoms. The lowest BCUT2D eigenvalue weighted by atomic mass is 10.2. The van der Waals surface area contributed by atoms with E-state index >= 15 is 0 Å². The number of rotatable bonds is 5. The zero-order valence-corrected chi connectivity index (χ0v) is 17.1. The van der Waals surface area contributed by atoms with Gasteiger partial charge in [0.25, 0.3) is 0 Å². The van der Waals surface area contributed by atoms with Crippen molar-refractivity contribution in [3.8, 4) is 10.6 Å². The molecule has 0 aliphatic heterocycles. The summed E-state index contributed by atoms with van der Waals surface area (Å²) in [5.74, 6) is -1.54. The van der Waals surface area contributed by atoms with E-state index in [0.717, 1.165) is 6.07 Å². The average molecular weight is 465 g/mol. The Morgan fingerprint density at radius 3 is 2.52 bits per heavy atom. The van der Waals surface area contributed by atoms with Crippen molar-refractivity contribution < 1.29 is 26.0 Å². The molecule has 3 aromatic rings. The van der Waals surface area contributed by atoms with Crippen molar-refractivity contribution in [3.63, 3.8) is 0 Å². The van der Waals surface area contributed by atoms with Crippen LogP contribution in [0.1, 0.15) is 16.1 Å². The molecule has 0 amide bonds. The Morgan fingerprint density at radius 2 is 1.86 bits per heavy atom. The minimum Gasteiger partial charge on any atom is -0.241 e. The molecule has 4 nitrogen and oxygen atoms in total. The molecule has 3 rings (SSSR count). The van der Waals surface area contributed by atoms with Gasteiger partial charge < -0.3 is 0 Å². The van der Waals surface area contributed by atoms with Gasteiger partial charge in [-0.2, -0.15) is 13.2 Å². The molecule has 0 saturated carbocycles. The molecule has 1 N–H and O–H groups in total. The molecule has 2 aromatic carbocycles. The minimum atomic E-state index is -5.01. The van der Waals surface area contributed by atoms with Crippen molar-refractivity contribution in [1.29, 1.82) is 0 Å². The zero-order chi connectivity index (χ0) is 21.4. The second-order valence-electron chi connectivity index (χ2n) is 5.97. The molecule has 0 bridgehead atoms. The molecule has 0 aliphatic carbocycles. The Kier molecular flexibility index (Phi) is 6.00.